The van der Waals surface area contributed by atoms with Crippen molar-refractivity contribution in [3.05, 3.63) is 89.0 Å². The van der Waals surface area contributed by atoms with E-state index in [4.69, 9.17) is 14.2 Å². The van der Waals surface area contributed by atoms with Gasteiger partial charge < -0.3 is 19.3 Å². The maximum absolute atomic E-state index is 14.1. The molecule has 0 saturated carbocycles. The molecule has 4 rings (SSSR count). The lowest BCUT2D eigenvalue weighted by Gasteiger charge is -2.38. The van der Waals surface area contributed by atoms with Gasteiger partial charge in [-0.15, -0.1) is 0 Å². The molecule has 6 nitrogen and oxygen atoms in total. The normalized spacial score (nSPS) is 17.0. The average molecular weight is 530 g/mol. The number of piperidine rings is 1. The Balaban J connectivity index is 1.82. The fourth-order valence-electron chi connectivity index (χ4n) is 4.95. The molecular formula is C29H30F3NO5. The third-order valence-electron chi connectivity index (χ3n) is 6.75. The molecule has 3 aromatic carbocycles. The number of hydrogen-bond acceptors (Lipinski definition) is 5. The van der Waals surface area contributed by atoms with Gasteiger partial charge in [0.1, 0.15) is 6.61 Å². The van der Waals surface area contributed by atoms with Crippen molar-refractivity contribution in [1.29, 1.82) is 0 Å². The SMILES string of the molecule is COc1cc(C(c2ccccc2C(F)(F)F)N2CCCC(C(=O)O)C2)cc(OC)c1OCc1ccccc1. The van der Waals surface area contributed by atoms with Crippen molar-refractivity contribution in [3.63, 3.8) is 0 Å². The Morgan fingerprint density at radius 2 is 1.66 bits per heavy atom. The Morgan fingerprint density at radius 3 is 2.26 bits per heavy atom. The van der Waals surface area contributed by atoms with E-state index in [0.717, 1.165) is 11.6 Å². The Hall–Kier alpha value is -3.72. The molecule has 9 heteroatoms. The molecule has 0 radical (unpaired) electrons. The molecule has 0 amide bonds. The molecule has 1 aliphatic heterocycles. The molecular weight excluding hydrogens is 499 g/mol. The van der Waals surface area contributed by atoms with Crippen molar-refractivity contribution in [2.24, 2.45) is 5.92 Å². The predicted molar refractivity (Wildman–Crippen MR) is 136 cm³/mol. The molecule has 38 heavy (non-hydrogen) atoms. The van der Waals surface area contributed by atoms with Crippen molar-refractivity contribution in [1.82, 2.24) is 4.90 Å². The molecule has 1 saturated heterocycles. The summed E-state index contributed by atoms with van der Waals surface area (Å²) in [6, 6.07) is 17.3. The van der Waals surface area contributed by atoms with Crippen molar-refractivity contribution < 1.29 is 37.3 Å². The lowest BCUT2D eigenvalue weighted by Crippen LogP contribution is -2.41. The molecule has 0 spiro atoms. The summed E-state index contributed by atoms with van der Waals surface area (Å²) in [7, 11) is 2.90. The number of alkyl halides is 3. The highest BCUT2D eigenvalue weighted by atomic mass is 19.4. The van der Waals surface area contributed by atoms with Gasteiger partial charge in [-0.25, -0.2) is 0 Å². The second kappa shape index (κ2) is 11.8. The number of benzene rings is 3. The third kappa shape index (κ3) is 6.05. The summed E-state index contributed by atoms with van der Waals surface area (Å²) in [5, 5.41) is 9.65. The van der Waals surface area contributed by atoms with Crippen LogP contribution in [0.25, 0.3) is 0 Å². The number of rotatable bonds is 9. The van der Waals surface area contributed by atoms with E-state index in [1.54, 1.807) is 23.1 Å². The van der Waals surface area contributed by atoms with E-state index in [0.29, 0.717) is 42.2 Å². The Morgan fingerprint density at radius 1 is 1.03 bits per heavy atom. The highest BCUT2D eigenvalue weighted by Gasteiger charge is 2.39. The highest BCUT2D eigenvalue weighted by Crippen LogP contribution is 2.45. The first kappa shape index (κ1) is 27.3. The standard InChI is InChI=1S/C29H30F3NO5/c1-36-24-15-21(16-25(37-2)27(24)38-18-19-9-4-3-5-10-19)26(33-14-8-11-20(17-33)28(34)35)22-12-6-7-13-23(22)29(30,31)32/h3-7,9-10,12-13,15-16,20,26H,8,11,14,17-18H2,1-2H3,(H,34,35). The summed E-state index contributed by atoms with van der Waals surface area (Å²) in [5.41, 5.74) is 0.664. The Bertz CT molecular complexity index is 1220. The van der Waals surface area contributed by atoms with E-state index >= 15 is 0 Å². The van der Waals surface area contributed by atoms with E-state index in [-0.39, 0.29) is 18.7 Å². The number of carboxylic acid groups (broad SMARTS) is 1. The van der Waals surface area contributed by atoms with E-state index in [9.17, 15) is 23.1 Å². The Labute approximate surface area is 219 Å². The van der Waals surface area contributed by atoms with Crippen LogP contribution in [0.4, 0.5) is 13.2 Å². The molecule has 0 aromatic heterocycles. The van der Waals surface area contributed by atoms with Crippen LogP contribution in [-0.4, -0.2) is 43.3 Å². The number of ether oxygens (including phenoxy) is 3. The van der Waals surface area contributed by atoms with Crippen molar-refractivity contribution >= 4 is 5.97 Å². The van der Waals surface area contributed by atoms with Gasteiger partial charge in [-0.1, -0.05) is 48.5 Å². The van der Waals surface area contributed by atoms with Crippen LogP contribution in [-0.2, 0) is 17.6 Å². The summed E-state index contributed by atoms with van der Waals surface area (Å²) in [5.74, 6) is -0.709. The van der Waals surface area contributed by atoms with Crippen molar-refractivity contribution in [3.8, 4) is 17.2 Å². The van der Waals surface area contributed by atoms with Gasteiger partial charge in [0.15, 0.2) is 11.5 Å². The number of carboxylic acids is 1. The number of likely N-dealkylation sites (tertiary alicyclic amines) is 1. The summed E-state index contributed by atoms with van der Waals surface area (Å²) in [6.07, 6.45) is -3.57. The van der Waals surface area contributed by atoms with Gasteiger partial charge in [-0.2, -0.15) is 13.2 Å². The van der Waals surface area contributed by atoms with Crippen LogP contribution in [0.1, 0.15) is 41.1 Å². The summed E-state index contributed by atoms with van der Waals surface area (Å²) in [4.78, 5) is 13.6. The van der Waals surface area contributed by atoms with Gasteiger partial charge in [0.2, 0.25) is 5.75 Å². The maximum Gasteiger partial charge on any atom is 0.416 e. The summed E-state index contributed by atoms with van der Waals surface area (Å²) >= 11 is 0. The fraction of sp³-hybridized carbons (Fsp3) is 0.345. The molecule has 0 aliphatic carbocycles. The predicted octanol–water partition coefficient (Wildman–Crippen LogP) is 6.19. The zero-order chi connectivity index (χ0) is 27.3. The first-order chi connectivity index (χ1) is 18.2. The zero-order valence-electron chi connectivity index (χ0n) is 21.2. The first-order valence-corrected chi connectivity index (χ1v) is 12.3. The number of nitrogens with zero attached hydrogens (tertiary/aromatic N) is 1. The quantitative estimate of drug-likeness (QED) is 0.357. The number of hydrogen-bond donors (Lipinski definition) is 1. The molecule has 202 valence electrons. The van der Waals surface area contributed by atoms with Gasteiger partial charge >= 0.3 is 12.1 Å². The molecule has 1 heterocycles. The largest absolute Gasteiger partial charge is 0.493 e. The van der Waals surface area contributed by atoms with E-state index in [1.807, 2.05) is 30.3 Å². The van der Waals surface area contributed by atoms with Crippen molar-refractivity contribution in [2.45, 2.75) is 31.7 Å². The van der Waals surface area contributed by atoms with Crippen LogP contribution in [0.15, 0.2) is 66.7 Å². The molecule has 1 fully saturated rings. The summed E-state index contributed by atoms with van der Waals surface area (Å²) in [6.45, 7) is 0.792. The second-order valence-corrected chi connectivity index (χ2v) is 9.19. The summed E-state index contributed by atoms with van der Waals surface area (Å²) < 4.78 is 59.6. The van der Waals surface area contributed by atoms with Gasteiger partial charge in [0, 0.05) is 6.54 Å². The van der Waals surface area contributed by atoms with Crippen LogP contribution in [0.2, 0.25) is 0 Å². The lowest BCUT2D eigenvalue weighted by molar-refractivity contribution is -0.144. The van der Waals surface area contributed by atoms with Gasteiger partial charge in [0.05, 0.1) is 31.7 Å². The van der Waals surface area contributed by atoms with Crippen LogP contribution in [0.5, 0.6) is 17.2 Å². The van der Waals surface area contributed by atoms with Gasteiger partial charge in [0.25, 0.3) is 0 Å². The molecule has 0 bridgehead atoms. The molecule has 2 atom stereocenters. The molecule has 1 N–H and O–H groups in total. The minimum Gasteiger partial charge on any atom is -0.493 e. The van der Waals surface area contributed by atoms with Crippen LogP contribution < -0.4 is 14.2 Å². The number of aliphatic carboxylic acids is 1. The lowest BCUT2D eigenvalue weighted by atomic mass is 9.88. The fourth-order valence-corrected chi connectivity index (χ4v) is 4.95. The van der Waals surface area contributed by atoms with E-state index in [1.165, 1.54) is 26.4 Å². The van der Waals surface area contributed by atoms with E-state index in [2.05, 4.69) is 0 Å². The number of methoxy groups -OCH3 is 2. The monoisotopic (exact) mass is 529 g/mol. The minimum atomic E-state index is -4.59. The highest BCUT2D eigenvalue weighted by molar-refractivity contribution is 5.70. The average Bonchev–Trinajstić information content (AvgIpc) is 2.92. The van der Waals surface area contributed by atoms with Crippen LogP contribution >= 0.6 is 0 Å². The van der Waals surface area contributed by atoms with Crippen LogP contribution in [0, 0.1) is 5.92 Å². The molecule has 1 aliphatic rings. The topological polar surface area (TPSA) is 68.2 Å². The maximum atomic E-state index is 14.1. The third-order valence-corrected chi connectivity index (χ3v) is 6.75. The van der Waals surface area contributed by atoms with Gasteiger partial charge in [-0.3, -0.25) is 9.69 Å². The zero-order valence-corrected chi connectivity index (χ0v) is 21.2. The van der Waals surface area contributed by atoms with Crippen molar-refractivity contribution in [2.75, 3.05) is 27.3 Å². The smallest absolute Gasteiger partial charge is 0.416 e. The number of halogens is 3. The first-order valence-electron chi connectivity index (χ1n) is 12.3. The molecule has 2 unspecified atom stereocenters. The second-order valence-electron chi connectivity index (χ2n) is 9.19. The minimum absolute atomic E-state index is 0.0353. The van der Waals surface area contributed by atoms with E-state index < -0.39 is 29.7 Å². The molecule has 3 aromatic rings. The van der Waals surface area contributed by atoms with Crippen LogP contribution in [0.3, 0.4) is 0 Å². The number of carbonyl (C=O) groups is 1. The Kier molecular flexibility index (Phi) is 8.46. The van der Waals surface area contributed by atoms with Gasteiger partial charge in [-0.05, 0) is 54.3 Å².